The molecular formula is C22H28N2O5. The third-order valence-electron chi connectivity index (χ3n) is 5.94. The first-order valence-electron chi connectivity index (χ1n) is 10.1. The maximum Gasteiger partial charge on any atom is 0.307 e. The lowest BCUT2D eigenvalue weighted by atomic mass is 9.76. The number of rotatable bonds is 5. The van der Waals surface area contributed by atoms with Crippen LogP contribution in [0.5, 0.6) is 5.75 Å². The van der Waals surface area contributed by atoms with Crippen molar-refractivity contribution >= 4 is 17.8 Å². The molecule has 1 aromatic rings. The number of benzene rings is 1. The molecule has 29 heavy (non-hydrogen) atoms. The molecule has 0 aromatic heterocycles. The van der Waals surface area contributed by atoms with Crippen LogP contribution < -0.4 is 15.6 Å². The van der Waals surface area contributed by atoms with E-state index in [1.165, 1.54) is 12.8 Å². The van der Waals surface area contributed by atoms with Gasteiger partial charge in [-0.3, -0.25) is 25.2 Å². The number of ether oxygens (including phenoxy) is 1. The predicted molar refractivity (Wildman–Crippen MR) is 107 cm³/mol. The first kappa shape index (κ1) is 20.9. The number of amides is 2. The summed E-state index contributed by atoms with van der Waals surface area (Å²) in [5.74, 6) is -2.72. The van der Waals surface area contributed by atoms with Crippen LogP contribution in [0.3, 0.4) is 0 Å². The molecule has 0 radical (unpaired) electrons. The summed E-state index contributed by atoms with van der Waals surface area (Å²) in [5, 5.41) is 9.44. The lowest BCUT2D eigenvalue weighted by Gasteiger charge is -2.29. The fraction of sp³-hybridized carbons (Fsp3) is 0.500. The van der Waals surface area contributed by atoms with Crippen molar-refractivity contribution in [3.63, 3.8) is 0 Å². The summed E-state index contributed by atoms with van der Waals surface area (Å²) in [4.78, 5) is 36.4. The van der Waals surface area contributed by atoms with E-state index in [9.17, 15) is 19.5 Å². The third kappa shape index (κ3) is 5.16. The minimum atomic E-state index is -0.999. The lowest BCUT2D eigenvalue weighted by molar-refractivity contribution is -0.147. The standard InChI is InChI=1S/C22H28N2O5/c1-13-11-18(19(22(27)28)12-14(13)2)21(26)24-23-20(25)15-7-9-17(10-8-15)29-16-5-3-4-6-16/h7-10,16,18-19H,3-6,11-12H2,1-2H3,(H,23,25)(H,24,26)(H,27,28). The summed E-state index contributed by atoms with van der Waals surface area (Å²) in [6.07, 6.45) is 5.44. The van der Waals surface area contributed by atoms with E-state index in [4.69, 9.17) is 4.74 Å². The number of carboxylic acids is 1. The van der Waals surface area contributed by atoms with Crippen molar-refractivity contribution in [3.05, 3.63) is 41.0 Å². The van der Waals surface area contributed by atoms with Gasteiger partial charge in [-0.15, -0.1) is 0 Å². The van der Waals surface area contributed by atoms with Crippen molar-refractivity contribution in [3.8, 4) is 5.75 Å². The van der Waals surface area contributed by atoms with Crippen molar-refractivity contribution in [2.45, 2.75) is 58.5 Å². The average Bonchev–Trinajstić information content (AvgIpc) is 3.21. The van der Waals surface area contributed by atoms with Gasteiger partial charge in [-0.05, 0) is 76.6 Å². The number of hydrogen-bond donors (Lipinski definition) is 3. The van der Waals surface area contributed by atoms with Crippen LogP contribution in [0.25, 0.3) is 0 Å². The maximum absolute atomic E-state index is 12.5. The Hall–Kier alpha value is -2.83. The molecule has 0 aliphatic heterocycles. The molecule has 0 heterocycles. The van der Waals surface area contributed by atoms with Crippen LogP contribution in [-0.2, 0) is 9.59 Å². The highest BCUT2D eigenvalue weighted by molar-refractivity contribution is 5.96. The molecule has 7 heteroatoms. The summed E-state index contributed by atoms with van der Waals surface area (Å²) in [6, 6.07) is 6.77. The SMILES string of the molecule is CC1=C(C)CC(C(=O)NNC(=O)c2ccc(OC3CCCC3)cc2)C(C(=O)O)C1. The van der Waals surface area contributed by atoms with E-state index in [1.54, 1.807) is 24.3 Å². The highest BCUT2D eigenvalue weighted by Crippen LogP contribution is 2.34. The fourth-order valence-electron chi connectivity index (χ4n) is 3.99. The van der Waals surface area contributed by atoms with Gasteiger partial charge in [0.05, 0.1) is 17.9 Å². The summed E-state index contributed by atoms with van der Waals surface area (Å²) in [7, 11) is 0. The van der Waals surface area contributed by atoms with Gasteiger partial charge >= 0.3 is 5.97 Å². The van der Waals surface area contributed by atoms with E-state index in [0.29, 0.717) is 18.4 Å². The van der Waals surface area contributed by atoms with Gasteiger partial charge in [-0.2, -0.15) is 0 Å². The van der Waals surface area contributed by atoms with Gasteiger partial charge in [-0.25, -0.2) is 0 Å². The second-order valence-corrected chi connectivity index (χ2v) is 8.01. The van der Waals surface area contributed by atoms with E-state index in [1.807, 2.05) is 13.8 Å². The Labute approximate surface area is 170 Å². The Bertz CT molecular complexity index is 809. The predicted octanol–water partition coefficient (Wildman–Crippen LogP) is 3.22. The Kier molecular flexibility index (Phi) is 6.56. The van der Waals surface area contributed by atoms with Gasteiger partial charge in [0.1, 0.15) is 5.75 Å². The zero-order chi connectivity index (χ0) is 21.0. The molecule has 156 valence electrons. The van der Waals surface area contributed by atoms with Gasteiger partial charge in [0.15, 0.2) is 0 Å². The number of hydrazine groups is 1. The molecule has 0 bridgehead atoms. The number of carbonyl (C=O) groups excluding carboxylic acids is 2. The largest absolute Gasteiger partial charge is 0.490 e. The Morgan fingerprint density at radius 2 is 1.52 bits per heavy atom. The number of aliphatic carboxylic acids is 1. The molecule has 3 rings (SSSR count). The highest BCUT2D eigenvalue weighted by Gasteiger charge is 2.37. The summed E-state index contributed by atoms with van der Waals surface area (Å²) < 4.78 is 5.88. The first-order valence-corrected chi connectivity index (χ1v) is 10.1. The van der Waals surface area contributed by atoms with Crippen LogP contribution >= 0.6 is 0 Å². The molecule has 2 atom stereocenters. The monoisotopic (exact) mass is 400 g/mol. The molecule has 1 saturated carbocycles. The van der Waals surface area contributed by atoms with Crippen LogP contribution in [0.1, 0.15) is 62.7 Å². The minimum Gasteiger partial charge on any atom is -0.490 e. The number of hydrogen-bond acceptors (Lipinski definition) is 4. The van der Waals surface area contributed by atoms with E-state index >= 15 is 0 Å². The molecule has 3 N–H and O–H groups in total. The average molecular weight is 400 g/mol. The molecule has 2 aliphatic carbocycles. The normalized spacial score (nSPS) is 22.3. The van der Waals surface area contributed by atoms with Gasteiger partial charge < -0.3 is 9.84 Å². The number of carboxylic acid groups (broad SMARTS) is 1. The Morgan fingerprint density at radius 3 is 2.10 bits per heavy atom. The summed E-state index contributed by atoms with van der Waals surface area (Å²) >= 11 is 0. The second kappa shape index (κ2) is 9.11. The molecule has 1 fully saturated rings. The summed E-state index contributed by atoms with van der Waals surface area (Å²) in [6.45, 7) is 3.79. The Balaban J connectivity index is 1.55. The van der Waals surface area contributed by atoms with Gasteiger partial charge in [0.25, 0.3) is 5.91 Å². The topological polar surface area (TPSA) is 105 Å². The zero-order valence-corrected chi connectivity index (χ0v) is 16.9. The van der Waals surface area contributed by atoms with E-state index in [0.717, 1.165) is 29.7 Å². The summed E-state index contributed by atoms with van der Waals surface area (Å²) in [5.41, 5.74) is 7.18. The molecular weight excluding hydrogens is 372 g/mol. The maximum atomic E-state index is 12.5. The number of nitrogens with one attached hydrogen (secondary N) is 2. The molecule has 1 aromatic carbocycles. The molecule has 2 aliphatic rings. The van der Waals surface area contributed by atoms with Crippen LogP contribution in [0.2, 0.25) is 0 Å². The van der Waals surface area contributed by atoms with E-state index in [2.05, 4.69) is 10.9 Å². The van der Waals surface area contributed by atoms with E-state index < -0.39 is 29.6 Å². The van der Waals surface area contributed by atoms with Gasteiger partial charge in [0, 0.05) is 5.56 Å². The van der Waals surface area contributed by atoms with Crippen molar-refractivity contribution in [1.82, 2.24) is 10.9 Å². The smallest absolute Gasteiger partial charge is 0.307 e. The number of carbonyl (C=O) groups is 3. The Morgan fingerprint density at radius 1 is 0.931 bits per heavy atom. The molecule has 2 amide bonds. The highest BCUT2D eigenvalue weighted by atomic mass is 16.5. The molecule has 0 saturated heterocycles. The zero-order valence-electron chi connectivity index (χ0n) is 16.9. The van der Waals surface area contributed by atoms with Gasteiger partial charge in [0.2, 0.25) is 5.91 Å². The van der Waals surface area contributed by atoms with Crippen LogP contribution in [0.4, 0.5) is 0 Å². The fourth-order valence-corrected chi connectivity index (χ4v) is 3.99. The quantitative estimate of drug-likeness (QED) is 0.520. The molecule has 2 unspecified atom stereocenters. The van der Waals surface area contributed by atoms with Crippen LogP contribution in [0.15, 0.2) is 35.4 Å². The van der Waals surface area contributed by atoms with Crippen molar-refractivity contribution in [2.24, 2.45) is 11.8 Å². The third-order valence-corrected chi connectivity index (χ3v) is 5.94. The van der Waals surface area contributed by atoms with E-state index in [-0.39, 0.29) is 6.10 Å². The first-order chi connectivity index (χ1) is 13.8. The minimum absolute atomic E-state index is 0.243. The van der Waals surface area contributed by atoms with Crippen molar-refractivity contribution in [1.29, 1.82) is 0 Å². The number of allylic oxidation sites excluding steroid dienone is 2. The molecule has 0 spiro atoms. The van der Waals surface area contributed by atoms with Crippen LogP contribution in [0, 0.1) is 11.8 Å². The van der Waals surface area contributed by atoms with Gasteiger partial charge in [-0.1, -0.05) is 11.1 Å². The second-order valence-electron chi connectivity index (χ2n) is 8.01. The van der Waals surface area contributed by atoms with Crippen molar-refractivity contribution < 1.29 is 24.2 Å². The van der Waals surface area contributed by atoms with Crippen LogP contribution in [-0.4, -0.2) is 29.0 Å². The molecule has 7 nitrogen and oxygen atoms in total. The van der Waals surface area contributed by atoms with Crippen molar-refractivity contribution in [2.75, 3.05) is 0 Å². The lowest BCUT2D eigenvalue weighted by Crippen LogP contribution is -2.48.